The molecular weight excluding hydrogens is 368 g/mol. The summed E-state index contributed by atoms with van der Waals surface area (Å²) in [5.41, 5.74) is 2.43. The summed E-state index contributed by atoms with van der Waals surface area (Å²) in [7, 11) is 1.57. The SMILES string of the molecule is CCc1ccccc1NC(=O)CN(C)C(=O)c1occc1COc1ccccc1. The highest BCUT2D eigenvalue weighted by Crippen LogP contribution is 2.18. The summed E-state index contributed by atoms with van der Waals surface area (Å²) >= 11 is 0. The van der Waals surface area contributed by atoms with Crippen molar-refractivity contribution in [3.05, 3.63) is 83.8 Å². The van der Waals surface area contributed by atoms with Crippen LogP contribution in [-0.4, -0.2) is 30.3 Å². The molecule has 0 aliphatic rings. The fourth-order valence-electron chi connectivity index (χ4n) is 2.92. The maximum absolute atomic E-state index is 12.7. The average Bonchev–Trinajstić information content (AvgIpc) is 3.21. The Morgan fingerprint density at radius 2 is 1.72 bits per heavy atom. The molecule has 2 amide bonds. The molecule has 6 heteroatoms. The molecule has 0 saturated carbocycles. The van der Waals surface area contributed by atoms with E-state index in [1.165, 1.54) is 11.2 Å². The maximum Gasteiger partial charge on any atom is 0.290 e. The number of ether oxygens (including phenoxy) is 1. The van der Waals surface area contributed by atoms with Crippen LogP contribution in [0, 0.1) is 0 Å². The van der Waals surface area contributed by atoms with E-state index >= 15 is 0 Å². The maximum atomic E-state index is 12.7. The van der Waals surface area contributed by atoms with E-state index in [0.29, 0.717) is 11.3 Å². The Bertz CT molecular complexity index is 966. The molecule has 0 bridgehead atoms. The predicted octanol–water partition coefficient (Wildman–Crippen LogP) is 4.13. The van der Waals surface area contributed by atoms with Crippen molar-refractivity contribution >= 4 is 17.5 Å². The van der Waals surface area contributed by atoms with Crippen LogP contribution in [0.4, 0.5) is 5.69 Å². The Morgan fingerprint density at radius 1 is 1.00 bits per heavy atom. The van der Waals surface area contributed by atoms with Gasteiger partial charge in [-0.2, -0.15) is 0 Å². The van der Waals surface area contributed by atoms with Gasteiger partial charge in [-0.1, -0.05) is 43.3 Å². The van der Waals surface area contributed by atoms with Gasteiger partial charge < -0.3 is 19.4 Å². The van der Waals surface area contributed by atoms with Crippen molar-refractivity contribution < 1.29 is 18.7 Å². The van der Waals surface area contributed by atoms with Crippen molar-refractivity contribution in [1.29, 1.82) is 0 Å². The zero-order valence-electron chi connectivity index (χ0n) is 16.6. The molecule has 0 radical (unpaired) electrons. The second-order valence-corrected chi connectivity index (χ2v) is 6.60. The van der Waals surface area contributed by atoms with Gasteiger partial charge in [-0.05, 0) is 36.2 Å². The van der Waals surface area contributed by atoms with Crippen LogP contribution in [-0.2, 0) is 17.8 Å². The number of nitrogens with zero attached hydrogens (tertiary/aromatic N) is 1. The third-order valence-corrected chi connectivity index (χ3v) is 4.48. The van der Waals surface area contributed by atoms with Gasteiger partial charge in [0.1, 0.15) is 12.4 Å². The zero-order chi connectivity index (χ0) is 20.6. The van der Waals surface area contributed by atoms with Crippen LogP contribution in [0.1, 0.15) is 28.6 Å². The smallest absolute Gasteiger partial charge is 0.290 e. The Hall–Kier alpha value is -3.54. The molecule has 0 saturated heterocycles. The van der Waals surface area contributed by atoms with Crippen LogP contribution < -0.4 is 10.1 Å². The fourth-order valence-corrected chi connectivity index (χ4v) is 2.92. The molecule has 0 spiro atoms. The minimum Gasteiger partial charge on any atom is -0.489 e. The molecule has 0 unspecified atom stereocenters. The minimum atomic E-state index is -0.374. The highest BCUT2D eigenvalue weighted by molar-refractivity contribution is 5.98. The number of furan rings is 1. The summed E-state index contributed by atoms with van der Waals surface area (Å²) in [6.07, 6.45) is 2.25. The van der Waals surface area contributed by atoms with Crippen molar-refractivity contribution in [1.82, 2.24) is 4.90 Å². The largest absolute Gasteiger partial charge is 0.489 e. The second kappa shape index (κ2) is 9.59. The lowest BCUT2D eigenvalue weighted by molar-refractivity contribution is -0.116. The third kappa shape index (κ3) is 5.25. The van der Waals surface area contributed by atoms with E-state index in [0.717, 1.165) is 17.7 Å². The molecule has 0 fully saturated rings. The number of hydrogen-bond acceptors (Lipinski definition) is 4. The van der Waals surface area contributed by atoms with Crippen LogP contribution in [0.15, 0.2) is 71.3 Å². The molecule has 150 valence electrons. The second-order valence-electron chi connectivity index (χ2n) is 6.60. The van der Waals surface area contributed by atoms with Crippen LogP contribution in [0.5, 0.6) is 5.75 Å². The molecule has 3 aromatic rings. The van der Waals surface area contributed by atoms with Crippen molar-refractivity contribution in [2.45, 2.75) is 20.0 Å². The lowest BCUT2D eigenvalue weighted by Crippen LogP contribution is -2.35. The highest BCUT2D eigenvalue weighted by atomic mass is 16.5. The highest BCUT2D eigenvalue weighted by Gasteiger charge is 2.22. The molecule has 1 aromatic heterocycles. The summed E-state index contributed by atoms with van der Waals surface area (Å²) in [6, 6.07) is 18.6. The summed E-state index contributed by atoms with van der Waals surface area (Å²) < 4.78 is 11.1. The lowest BCUT2D eigenvalue weighted by Gasteiger charge is -2.17. The van der Waals surface area contributed by atoms with E-state index in [4.69, 9.17) is 9.15 Å². The number of benzene rings is 2. The zero-order valence-corrected chi connectivity index (χ0v) is 16.6. The number of rotatable bonds is 8. The topological polar surface area (TPSA) is 71.8 Å². The van der Waals surface area contributed by atoms with E-state index < -0.39 is 0 Å². The molecule has 1 N–H and O–H groups in total. The third-order valence-electron chi connectivity index (χ3n) is 4.48. The number of para-hydroxylation sites is 2. The Morgan fingerprint density at radius 3 is 2.48 bits per heavy atom. The number of nitrogens with one attached hydrogen (secondary N) is 1. The summed E-state index contributed by atoms with van der Waals surface area (Å²) in [5.74, 6) is 0.232. The van der Waals surface area contributed by atoms with E-state index in [1.54, 1.807) is 13.1 Å². The van der Waals surface area contributed by atoms with Gasteiger partial charge in [0, 0.05) is 18.3 Å². The van der Waals surface area contributed by atoms with Crippen LogP contribution in [0.2, 0.25) is 0 Å². The quantitative estimate of drug-likeness (QED) is 0.626. The predicted molar refractivity (Wildman–Crippen MR) is 111 cm³/mol. The standard InChI is InChI=1S/C23H24N2O4/c1-3-17-9-7-8-12-20(17)24-21(26)15-25(2)23(27)22-18(13-14-28-22)16-29-19-10-5-4-6-11-19/h4-14H,3,15-16H2,1-2H3,(H,24,26). The van der Waals surface area contributed by atoms with Crippen LogP contribution in [0.3, 0.4) is 0 Å². The molecule has 1 heterocycles. The van der Waals surface area contributed by atoms with Crippen LogP contribution in [0.25, 0.3) is 0 Å². The normalized spacial score (nSPS) is 10.4. The van der Waals surface area contributed by atoms with Gasteiger partial charge in [0.2, 0.25) is 5.91 Å². The molecular formula is C23H24N2O4. The van der Waals surface area contributed by atoms with Crippen LogP contribution >= 0.6 is 0 Å². The minimum absolute atomic E-state index is 0.0867. The molecule has 6 nitrogen and oxygen atoms in total. The number of hydrogen-bond donors (Lipinski definition) is 1. The summed E-state index contributed by atoms with van der Waals surface area (Å²) in [4.78, 5) is 26.5. The van der Waals surface area contributed by atoms with Gasteiger partial charge in [0.15, 0.2) is 5.76 Å². The first-order valence-electron chi connectivity index (χ1n) is 9.46. The summed E-state index contributed by atoms with van der Waals surface area (Å²) in [5, 5.41) is 2.87. The Labute approximate surface area is 170 Å². The molecule has 0 aliphatic carbocycles. The Balaban J connectivity index is 1.60. The van der Waals surface area contributed by atoms with Crippen molar-refractivity contribution in [3.63, 3.8) is 0 Å². The lowest BCUT2D eigenvalue weighted by atomic mass is 10.1. The Kier molecular flexibility index (Phi) is 6.68. The first-order chi connectivity index (χ1) is 14.1. The number of anilines is 1. The molecule has 3 rings (SSSR count). The monoisotopic (exact) mass is 392 g/mol. The van der Waals surface area contributed by atoms with Gasteiger partial charge in [-0.15, -0.1) is 0 Å². The average molecular weight is 392 g/mol. The van der Waals surface area contributed by atoms with E-state index in [9.17, 15) is 9.59 Å². The number of carbonyl (C=O) groups is 2. The molecule has 29 heavy (non-hydrogen) atoms. The van der Waals surface area contributed by atoms with Gasteiger partial charge >= 0.3 is 0 Å². The number of aryl methyl sites for hydroxylation is 1. The van der Waals surface area contributed by atoms with E-state index in [2.05, 4.69) is 5.32 Å². The molecule has 0 aliphatic heterocycles. The van der Waals surface area contributed by atoms with Crippen molar-refractivity contribution in [3.8, 4) is 5.75 Å². The fraction of sp³-hybridized carbons (Fsp3) is 0.217. The molecule has 2 aromatic carbocycles. The van der Waals surface area contributed by atoms with Gasteiger partial charge in [-0.25, -0.2) is 0 Å². The van der Waals surface area contributed by atoms with E-state index in [-0.39, 0.29) is 30.7 Å². The van der Waals surface area contributed by atoms with Crippen molar-refractivity contribution in [2.24, 2.45) is 0 Å². The van der Waals surface area contributed by atoms with Crippen molar-refractivity contribution in [2.75, 3.05) is 18.9 Å². The first-order valence-corrected chi connectivity index (χ1v) is 9.46. The van der Waals surface area contributed by atoms with Gasteiger partial charge in [0.25, 0.3) is 5.91 Å². The van der Waals surface area contributed by atoms with Gasteiger partial charge in [-0.3, -0.25) is 9.59 Å². The number of likely N-dealkylation sites (N-methyl/N-ethyl adjacent to an activating group) is 1. The molecule has 0 atom stereocenters. The number of amides is 2. The summed E-state index contributed by atoms with van der Waals surface area (Å²) in [6.45, 7) is 2.14. The number of carbonyl (C=O) groups excluding carboxylic acids is 2. The van der Waals surface area contributed by atoms with E-state index in [1.807, 2.05) is 61.5 Å². The first kappa shape index (κ1) is 20.2. The van der Waals surface area contributed by atoms with Gasteiger partial charge in [0.05, 0.1) is 12.8 Å².